The second kappa shape index (κ2) is 20.3. The van der Waals surface area contributed by atoms with E-state index in [9.17, 15) is 14.7 Å². The SMILES string of the molecule is C=C/C=C(\C)C1(C(NC(=O)OCc2ccccc2)C2CCCCC(C(=O)O)C2)CC(C)(C)CC(C)(C)C1.C=CC.CC.CC. The number of carbonyl (C=O) groups is 2. The van der Waals surface area contributed by atoms with E-state index in [4.69, 9.17) is 4.74 Å². The van der Waals surface area contributed by atoms with Crippen LogP contribution in [0.3, 0.4) is 0 Å². The number of carboxylic acid groups (broad SMARTS) is 1. The molecule has 0 heterocycles. The largest absolute Gasteiger partial charge is 0.481 e. The molecule has 3 atom stereocenters. The molecule has 5 heteroatoms. The predicted octanol–water partition coefficient (Wildman–Crippen LogP) is 11.2. The summed E-state index contributed by atoms with van der Waals surface area (Å²) in [6, 6.07) is 9.46. The molecule has 2 aliphatic rings. The summed E-state index contributed by atoms with van der Waals surface area (Å²) in [6.07, 6.45) is 12.2. The van der Waals surface area contributed by atoms with Gasteiger partial charge in [-0.1, -0.05) is 129 Å². The molecule has 2 fully saturated rings. The lowest BCUT2D eigenvalue weighted by Crippen LogP contribution is -2.58. The summed E-state index contributed by atoms with van der Waals surface area (Å²) in [5.41, 5.74) is 1.93. The predicted molar refractivity (Wildman–Crippen MR) is 188 cm³/mol. The maximum Gasteiger partial charge on any atom is 0.407 e. The molecule has 0 saturated heterocycles. The van der Waals surface area contributed by atoms with Crippen LogP contribution in [0.5, 0.6) is 0 Å². The first-order valence-electron chi connectivity index (χ1n) is 16.9. The molecular formula is C39H65NO4. The van der Waals surface area contributed by atoms with Gasteiger partial charge in [0.2, 0.25) is 0 Å². The number of ether oxygens (including phenoxy) is 1. The molecule has 44 heavy (non-hydrogen) atoms. The molecule has 0 radical (unpaired) electrons. The Labute approximate surface area is 270 Å². The number of aliphatic carboxylic acids is 1. The van der Waals surface area contributed by atoms with Crippen molar-refractivity contribution in [1.29, 1.82) is 0 Å². The zero-order valence-corrected chi connectivity index (χ0v) is 29.8. The van der Waals surface area contributed by atoms with Crippen LogP contribution in [-0.4, -0.2) is 23.2 Å². The van der Waals surface area contributed by atoms with E-state index in [0.29, 0.717) is 12.8 Å². The lowest BCUT2D eigenvalue weighted by molar-refractivity contribution is -0.142. The summed E-state index contributed by atoms with van der Waals surface area (Å²) >= 11 is 0. The van der Waals surface area contributed by atoms with Crippen LogP contribution in [0.4, 0.5) is 4.79 Å². The van der Waals surface area contributed by atoms with Crippen molar-refractivity contribution in [2.45, 2.75) is 133 Å². The number of allylic oxidation sites excluding steroid dienone is 3. The average molecular weight is 612 g/mol. The Morgan fingerprint density at radius 2 is 1.50 bits per heavy atom. The minimum atomic E-state index is -0.728. The zero-order chi connectivity index (χ0) is 34.0. The van der Waals surface area contributed by atoms with Crippen LogP contribution in [-0.2, 0) is 16.1 Å². The van der Waals surface area contributed by atoms with Gasteiger partial charge in [0.05, 0.1) is 5.92 Å². The number of nitrogens with one attached hydrogen (secondary N) is 1. The fourth-order valence-electron chi connectivity index (χ4n) is 7.80. The van der Waals surface area contributed by atoms with Gasteiger partial charge in [-0.05, 0) is 74.7 Å². The van der Waals surface area contributed by atoms with Crippen molar-refractivity contribution in [3.8, 4) is 0 Å². The van der Waals surface area contributed by atoms with Crippen molar-refractivity contribution >= 4 is 12.1 Å². The third-order valence-electron chi connectivity index (χ3n) is 8.57. The summed E-state index contributed by atoms with van der Waals surface area (Å²) < 4.78 is 5.73. The van der Waals surface area contributed by atoms with E-state index >= 15 is 0 Å². The van der Waals surface area contributed by atoms with Gasteiger partial charge < -0.3 is 15.2 Å². The van der Waals surface area contributed by atoms with Crippen LogP contribution < -0.4 is 5.32 Å². The minimum absolute atomic E-state index is 0.0470. The molecule has 2 aliphatic carbocycles. The van der Waals surface area contributed by atoms with Crippen LogP contribution >= 0.6 is 0 Å². The third kappa shape index (κ3) is 13.0. The lowest BCUT2D eigenvalue weighted by Gasteiger charge is -2.57. The Bertz CT molecular complexity index is 1010. The molecule has 0 spiro atoms. The highest BCUT2D eigenvalue weighted by Gasteiger charge is 2.54. The Morgan fingerprint density at radius 1 is 0.977 bits per heavy atom. The van der Waals surface area contributed by atoms with Crippen molar-refractivity contribution in [2.75, 3.05) is 0 Å². The molecule has 5 nitrogen and oxygen atoms in total. The molecule has 250 valence electrons. The van der Waals surface area contributed by atoms with Gasteiger partial charge in [0, 0.05) is 11.5 Å². The number of rotatable bonds is 8. The summed E-state index contributed by atoms with van der Waals surface area (Å²) in [5, 5.41) is 13.3. The number of alkyl carbamates (subject to hydrolysis) is 1. The Kier molecular flexibility index (Phi) is 19.0. The molecule has 0 bridgehead atoms. The summed E-state index contributed by atoms with van der Waals surface area (Å²) in [4.78, 5) is 25.5. The van der Waals surface area contributed by atoms with Gasteiger partial charge in [-0.2, -0.15) is 0 Å². The number of amides is 1. The average Bonchev–Trinajstić information content (AvgIpc) is 3.23. The first-order valence-corrected chi connectivity index (χ1v) is 16.9. The Hall–Kier alpha value is -2.82. The van der Waals surface area contributed by atoms with E-state index in [2.05, 4.69) is 59.2 Å². The minimum Gasteiger partial charge on any atom is -0.481 e. The van der Waals surface area contributed by atoms with E-state index in [1.54, 1.807) is 6.08 Å². The molecular weight excluding hydrogens is 546 g/mol. The van der Waals surface area contributed by atoms with Crippen LogP contribution in [0.15, 0.2) is 67.3 Å². The van der Waals surface area contributed by atoms with Crippen molar-refractivity contribution < 1.29 is 19.4 Å². The Balaban J connectivity index is 0.00000244. The maximum atomic E-state index is 13.4. The number of hydrogen-bond acceptors (Lipinski definition) is 3. The molecule has 1 amide bonds. The Morgan fingerprint density at radius 3 is 2.00 bits per heavy atom. The number of carbonyl (C=O) groups excluding carboxylic acids is 1. The quantitative estimate of drug-likeness (QED) is 0.174. The number of hydrogen-bond donors (Lipinski definition) is 2. The number of benzene rings is 1. The van der Waals surface area contributed by atoms with Gasteiger partial charge >= 0.3 is 12.1 Å². The highest BCUT2D eigenvalue weighted by molar-refractivity contribution is 5.70. The third-order valence-corrected chi connectivity index (χ3v) is 8.57. The zero-order valence-electron chi connectivity index (χ0n) is 29.8. The van der Waals surface area contributed by atoms with Crippen LogP contribution in [0.1, 0.15) is 126 Å². The second-order valence-corrected chi connectivity index (χ2v) is 13.5. The van der Waals surface area contributed by atoms with Crippen molar-refractivity contribution in [2.24, 2.45) is 28.1 Å². The van der Waals surface area contributed by atoms with Gasteiger partial charge in [0.1, 0.15) is 6.61 Å². The molecule has 0 aromatic heterocycles. The summed E-state index contributed by atoms with van der Waals surface area (Å²) in [7, 11) is 0. The molecule has 1 aromatic carbocycles. The molecule has 2 saturated carbocycles. The van der Waals surface area contributed by atoms with E-state index in [1.165, 1.54) is 5.57 Å². The summed E-state index contributed by atoms with van der Waals surface area (Å²) in [6.45, 7) is 28.9. The van der Waals surface area contributed by atoms with Gasteiger partial charge in [0.15, 0.2) is 0 Å². The highest BCUT2D eigenvalue weighted by atomic mass is 16.5. The maximum absolute atomic E-state index is 13.4. The smallest absolute Gasteiger partial charge is 0.407 e. The molecule has 1 aromatic rings. The molecule has 3 unspecified atom stereocenters. The van der Waals surface area contributed by atoms with Gasteiger partial charge in [-0.25, -0.2) is 4.79 Å². The normalized spacial score (nSPS) is 22.3. The number of carboxylic acids is 1. The van der Waals surface area contributed by atoms with Crippen molar-refractivity contribution in [3.05, 3.63) is 72.9 Å². The molecule has 2 N–H and O–H groups in total. The van der Waals surface area contributed by atoms with Crippen LogP contribution in [0.25, 0.3) is 0 Å². The van der Waals surface area contributed by atoms with Gasteiger partial charge in [0.25, 0.3) is 0 Å². The monoisotopic (exact) mass is 611 g/mol. The van der Waals surface area contributed by atoms with E-state index < -0.39 is 12.1 Å². The first kappa shape index (κ1) is 41.2. The van der Waals surface area contributed by atoms with Gasteiger partial charge in [-0.15, -0.1) is 6.58 Å². The van der Waals surface area contributed by atoms with E-state index in [1.807, 2.05) is 71.0 Å². The molecule has 0 aliphatic heterocycles. The first-order chi connectivity index (χ1) is 20.8. The second-order valence-electron chi connectivity index (χ2n) is 13.5. The van der Waals surface area contributed by atoms with Crippen LogP contribution in [0, 0.1) is 28.1 Å². The summed E-state index contributed by atoms with van der Waals surface area (Å²) in [5.74, 6) is -1.07. The van der Waals surface area contributed by atoms with Gasteiger partial charge in [-0.3, -0.25) is 4.79 Å². The topological polar surface area (TPSA) is 75.6 Å². The highest BCUT2D eigenvalue weighted by Crippen LogP contribution is 2.60. The van der Waals surface area contributed by atoms with Crippen molar-refractivity contribution in [1.82, 2.24) is 5.32 Å². The fourth-order valence-corrected chi connectivity index (χ4v) is 7.80. The fraction of sp³-hybridized carbons (Fsp3) is 0.641. The lowest BCUT2D eigenvalue weighted by atomic mass is 9.49. The van der Waals surface area contributed by atoms with Crippen LogP contribution in [0.2, 0.25) is 0 Å². The van der Waals surface area contributed by atoms with E-state index in [-0.39, 0.29) is 40.7 Å². The van der Waals surface area contributed by atoms with Crippen molar-refractivity contribution in [3.63, 3.8) is 0 Å². The van der Waals surface area contributed by atoms with E-state index in [0.717, 1.165) is 44.1 Å². The molecule has 3 rings (SSSR count). The standard InChI is InChI=1S/C32H47NO4.C3H6.2C2H6/c1-7-13-23(2)32(21-30(3,4)20-31(5,6)22-32)27(25-16-11-12-17-26(18-25)28(34)35)33-29(36)37-19-24-14-9-8-10-15-24;1-3-2;2*1-2/h7-10,13-15,25-27H,1,11-12,16-22H2,2-6H3,(H,33,36)(H,34,35);3H,1H2,2H3;2*1-2H3/b23-13+;;;.